The van der Waals surface area contributed by atoms with Crippen molar-refractivity contribution in [3.8, 4) is 0 Å². The third-order valence-electron chi connectivity index (χ3n) is 2.78. The fourth-order valence-corrected chi connectivity index (χ4v) is 2.51. The predicted molar refractivity (Wildman–Crippen MR) is 81.3 cm³/mol. The first-order valence-electron chi connectivity index (χ1n) is 5.54. The molecule has 1 N–H and O–H groups in total. The molecule has 6 heteroatoms. The maximum absolute atomic E-state index is 12.2. The minimum Gasteiger partial charge on any atom is -0.304 e. The Morgan fingerprint density at radius 2 is 2.00 bits per heavy atom. The van der Waals surface area contributed by atoms with Gasteiger partial charge in [0.25, 0.3) is 5.91 Å². The molecular weight excluding hydrogens is 374 g/mol. The zero-order valence-electron chi connectivity index (χ0n) is 10.4. The lowest BCUT2D eigenvalue weighted by atomic mass is 10.0. The van der Waals surface area contributed by atoms with Gasteiger partial charge in [-0.05, 0) is 62.9 Å². The second kappa shape index (κ2) is 5.79. The minimum atomic E-state index is -0.196. The van der Waals surface area contributed by atoms with E-state index in [1.807, 2.05) is 26.0 Å². The number of halogens is 2. The van der Waals surface area contributed by atoms with Crippen LogP contribution < -0.4 is 5.32 Å². The molecule has 0 unspecified atom stereocenters. The van der Waals surface area contributed by atoms with Crippen molar-refractivity contribution < 1.29 is 4.79 Å². The van der Waals surface area contributed by atoms with Crippen molar-refractivity contribution in [1.82, 2.24) is 9.97 Å². The molecule has 0 fully saturated rings. The van der Waals surface area contributed by atoms with Crippen LogP contribution in [0.2, 0.25) is 0 Å². The predicted octanol–water partition coefficient (Wildman–Crippen LogP) is 3.87. The third-order valence-corrected chi connectivity index (χ3v) is 3.72. The Morgan fingerprint density at radius 3 is 2.68 bits per heavy atom. The largest absolute Gasteiger partial charge is 0.304 e. The topological polar surface area (TPSA) is 54.9 Å². The highest BCUT2D eigenvalue weighted by Gasteiger charge is 2.13. The van der Waals surface area contributed by atoms with E-state index in [1.54, 1.807) is 6.07 Å². The molecule has 1 aromatic heterocycles. The van der Waals surface area contributed by atoms with Gasteiger partial charge in [0.15, 0.2) is 5.82 Å². The lowest BCUT2D eigenvalue weighted by Gasteiger charge is -2.09. The molecule has 19 heavy (non-hydrogen) atoms. The van der Waals surface area contributed by atoms with Gasteiger partial charge in [0.2, 0.25) is 0 Å². The van der Waals surface area contributed by atoms with Gasteiger partial charge in [-0.1, -0.05) is 12.1 Å². The third kappa shape index (κ3) is 3.19. The van der Waals surface area contributed by atoms with Gasteiger partial charge in [-0.25, -0.2) is 9.97 Å². The van der Waals surface area contributed by atoms with Gasteiger partial charge in [0.1, 0.15) is 9.21 Å². The minimum absolute atomic E-state index is 0.196. The first-order chi connectivity index (χ1) is 8.99. The quantitative estimate of drug-likeness (QED) is 0.854. The van der Waals surface area contributed by atoms with Gasteiger partial charge < -0.3 is 5.32 Å². The Hall–Kier alpha value is -1.27. The number of anilines is 1. The van der Waals surface area contributed by atoms with Crippen LogP contribution in [0, 0.1) is 13.8 Å². The summed E-state index contributed by atoms with van der Waals surface area (Å²) in [6, 6.07) is 5.62. The summed E-state index contributed by atoms with van der Waals surface area (Å²) in [6.07, 6.45) is 1.53. The summed E-state index contributed by atoms with van der Waals surface area (Å²) in [5, 5.41) is 2.74. The summed E-state index contributed by atoms with van der Waals surface area (Å²) >= 11 is 6.48. The summed E-state index contributed by atoms with van der Waals surface area (Å²) in [5.41, 5.74) is 2.67. The Bertz CT molecular complexity index is 644. The number of hydrogen-bond donors (Lipinski definition) is 1. The molecule has 2 aromatic rings. The first kappa shape index (κ1) is 14.1. The standard InChI is InChI=1S/C13H11Br2N3O/c1-7-4-3-5-9(8(7)2)13(19)18-12-11(15)17-10(14)6-16-12/h3-6H,1-2H3,(H,16,18,19). The molecular formula is C13H11Br2N3O. The number of benzene rings is 1. The van der Waals surface area contributed by atoms with Gasteiger partial charge >= 0.3 is 0 Å². The highest BCUT2D eigenvalue weighted by atomic mass is 79.9. The van der Waals surface area contributed by atoms with Crippen LogP contribution >= 0.6 is 31.9 Å². The molecule has 0 saturated heterocycles. The van der Waals surface area contributed by atoms with Gasteiger partial charge in [-0.15, -0.1) is 0 Å². The maximum Gasteiger partial charge on any atom is 0.257 e. The van der Waals surface area contributed by atoms with Crippen LogP contribution in [0.4, 0.5) is 5.82 Å². The fraction of sp³-hybridized carbons (Fsp3) is 0.154. The van der Waals surface area contributed by atoms with Crippen molar-refractivity contribution in [2.75, 3.05) is 5.32 Å². The van der Waals surface area contributed by atoms with Crippen molar-refractivity contribution in [1.29, 1.82) is 0 Å². The van der Waals surface area contributed by atoms with Crippen molar-refractivity contribution in [2.24, 2.45) is 0 Å². The van der Waals surface area contributed by atoms with E-state index >= 15 is 0 Å². The Balaban J connectivity index is 2.28. The molecule has 0 radical (unpaired) electrons. The number of aromatic nitrogens is 2. The Kier molecular flexibility index (Phi) is 4.31. The number of carbonyl (C=O) groups is 1. The van der Waals surface area contributed by atoms with Crippen LogP contribution in [0.25, 0.3) is 0 Å². The molecule has 2 rings (SSSR count). The highest BCUT2D eigenvalue weighted by Crippen LogP contribution is 2.21. The zero-order chi connectivity index (χ0) is 14.0. The lowest BCUT2D eigenvalue weighted by molar-refractivity contribution is 0.102. The molecule has 1 aromatic carbocycles. The zero-order valence-corrected chi connectivity index (χ0v) is 13.5. The maximum atomic E-state index is 12.2. The fourth-order valence-electron chi connectivity index (χ4n) is 1.60. The second-order valence-corrected chi connectivity index (χ2v) is 5.60. The van der Waals surface area contributed by atoms with E-state index in [0.29, 0.717) is 20.6 Å². The molecule has 0 atom stereocenters. The van der Waals surface area contributed by atoms with Crippen molar-refractivity contribution >= 4 is 43.6 Å². The summed E-state index contributed by atoms with van der Waals surface area (Å²) in [7, 11) is 0. The van der Waals surface area contributed by atoms with Gasteiger partial charge in [-0.3, -0.25) is 4.79 Å². The summed E-state index contributed by atoms with van der Waals surface area (Å²) < 4.78 is 1.09. The number of hydrogen-bond acceptors (Lipinski definition) is 3. The van der Waals surface area contributed by atoms with Gasteiger partial charge in [0.05, 0.1) is 6.20 Å². The van der Waals surface area contributed by atoms with Crippen molar-refractivity contribution in [3.05, 3.63) is 50.3 Å². The molecule has 98 valence electrons. The smallest absolute Gasteiger partial charge is 0.257 e. The summed E-state index contributed by atoms with van der Waals surface area (Å²) in [4.78, 5) is 20.4. The van der Waals surface area contributed by atoms with Crippen molar-refractivity contribution in [2.45, 2.75) is 13.8 Å². The van der Waals surface area contributed by atoms with Crippen LogP contribution in [0.3, 0.4) is 0 Å². The lowest BCUT2D eigenvalue weighted by Crippen LogP contribution is -2.15. The van der Waals surface area contributed by atoms with E-state index in [1.165, 1.54) is 6.20 Å². The van der Waals surface area contributed by atoms with E-state index in [2.05, 4.69) is 47.1 Å². The van der Waals surface area contributed by atoms with Crippen molar-refractivity contribution in [3.63, 3.8) is 0 Å². The molecule has 1 amide bonds. The molecule has 0 saturated carbocycles. The molecule has 0 aliphatic carbocycles. The van der Waals surface area contributed by atoms with Crippen LogP contribution in [-0.2, 0) is 0 Å². The molecule has 0 bridgehead atoms. The van der Waals surface area contributed by atoms with E-state index in [9.17, 15) is 4.79 Å². The van der Waals surface area contributed by atoms with E-state index < -0.39 is 0 Å². The summed E-state index contributed by atoms with van der Waals surface area (Å²) in [6.45, 7) is 3.90. The van der Waals surface area contributed by atoms with Crippen LogP contribution in [0.5, 0.6) is 0 Å². The highest BCUT2D eigenvalue weighted by molar-refractivity contribution is 9.11. The normalized spacial score (nSPS) is 10.3. The number of carbonyl (C=O) groups excluding carboxylic acids is 1. The van der Waals surface area contributed by atoms with Crippen LogP contribution in [-0.4, -0.2) is 15.9 Å². The molecule has 0 aliphatic rings. The number of nitrogens with one attached hydrogen (secondary N) is 1. The van der Waals surface area contributed by atoms with E-state index in [0.717, 1.165) is 11.1 Å². The SMILES string of the molecule is Cc1cccc(C(=O)Nc2ncc(Br)nc2Br)c1C. The molecule has 0 spiro atoms. The number of amides is 1. The summed E-state index contributed by atoms with van der Waals surface area (Å²) in [5.74, 6) is 0.202. The average molecular weight is 385 g/mol. The van der Waals surface area contributed by atoms with Gasteiger partial charge in [0, 0.05) is 5.56 Å². The number of aryl methyl sites for hydroxylation is 1. The van der Waals surface area contributed by atoms with Crippen LogP contribution in [0.15, 0.2) is 33.6 Å². The van der Waals surface area contributed by atoms with Gasteiger partial charge in [-0.2, -0.15) is 0 Å². The number of rotatable bonds is 2. The monoisotopic (exact) mass is 383 g/mol. The number of nitrogens with zero attached hydrogens (tertiary/aromatic N) is 2. The van der Waals surface area contributed by atoms with E-state index in [-0.39, 0.29) is 5.91 Å². The van der Waals surface area contributed by atoms with Crippen LogP contribution in [0.1, 0.15) is 21.5 Å². The molecule has 1 heterocycles. The van der Waals surface area contributed by atoms with E-state index in [4.69, 9.17) is 0 Å². The second-order valence-electron chi connectivity index (χ2n) is 4.03. The Morgan fingerprint density at radius 1 is 1.26 bits per heavy atom. The Labute approximate surface area is 127 Å². The average Bonchev–Trinajstić information content (AvgIpc) is 2.36. The molecule has 0 aliphatic heterocycles. The first-order valence-corrected chi connectivity index (χ1v) is 7.13. The molecule has 4 nitrogen and oxygen atoms in total.